The molecule has 1 N–H and O–H groups in total. The summed E-state index contributed by atoms with van der Waals surface area (Å²) in [6.07, 6.45) is 6.93. The molecule has 5 nitrogen and oxygen atoms in total. The summed E-state index contributed by atoms with van der Waals surface area (Å²) in [5.41, 5.74) is 0.513. The van der Waals surface area contributed by atoms with Crippen LogP contribution in [0.3, 0.4) is 0 Å². The summed E-state index contributed by atoms with van der Waals surface area (Å²) < 4.78 is 10.9. The van der Waals surface area contributed by atoms with Crippen molar-refractivity contribution in [3.8, 4) is 0 Å². The zero-order valence-electron chi connectivity index (χ0n) is 15.9. The predicted molar refractivity (Wildman–Crippen MR) is 106 cm³/mol. The summed E-state index contributed by atoms with van der Waals surface area (Å²) in [4.78, 5) is 25.5. The van der Waals surface area contributed by atoms with Crippen LogP contribution in [-0.4, -0.2) is 43.0 Å². The van der Waals surface area contributed by atoms with E-state index in [1.165, 1.54) is 6.42 Å². The minimum absolute atomic E-state index is 0.194. The number of carbonyl (C=O) groups is 2. The van der Waals surface area contributed by atoms with Gasteiger partial charge in [-0.15, -0.1) is 11.8 Å². The number of rotatable bonds is 7. The molecule has 1 aliphatic heterocycles. The molecule has 148 valence electrons. The van der Waals surface area contributed by atoms with E-state index in [4.69, 9.17) is 9.47 Å². The maximum absolute atomic E-state index is 12.5. The Bertz CT molecular complexity index is 645. The van der Waals surface area contributed by atoms with Gasteiger partial charge >= 0.3 is 5.97 Å². The van der Waals surface area contributed by atoms with E-state index < -0.39 is 5.97 Å². The zero-order valence-corrected chi connectivity index (χ0v) is 16.8. The average Bonchev–Trinajstić information content (AvgIpc) is 3.20. The number of benzene rings is 1. The van der Waals surface area contributed by atoms with E-state index in [0.717, 1.165) is 49.4 Å². The van der Waals surface area contributed by atoms with Crippen LogP contribution in [-0.2, 0) is 14.3 Å². The van der Waals surface area contributed by atoms with Gasteiger partial charge in [0.05, 0.1) is 11.7 Å². The van der Waals surface area contributed by atoms with Gasteiger partial charge < -0.3 is 14.8 Å². The van der Waals surface area contributed by atoms with Crippen LogP contribution in [0.5, 0.6) is 0 Å². The summed E-state index contributed by atoms with van der Waals surface area (Å²) in [7, 11) is 0. The fourth-order valence-electron chi connectivity index (χ4n) is 3.71. The molecular weight excluding hydrogens is 362 g/mol. The lowest BCUT2D eigenvalue weighted by molar-refractivity contribution is -0.125. The molecule has 6 heteroatoms. The molecule has 3 atom stereocenters. The Labute approximate surface area is 165 Å². The van der Waals surface area contributed by atoms with Crippen molar-refractivity contribution in [2.75, 3.05) is 19.0 Å². The van der Waals surface area contributed by atoms with Gasteiger partial charge in [-0.2, -0.15) is 0 Å². The van der Waals surface area contributed by atoms with Crippen LogP contribution in [0.15, 0.2) is 29.2 Å². The molecule has 27 heavy (non-hydrogen) atoms. The first-order valence-electron chi connectivity index (χ1n) is 9.93. The van der Waals surface area contributed by atoms with Crippen LogP contribution in [0.25, 0.3) is 0 Å². The molecule has 1 saturated carbocycles. The van der Waals surface area contributed by atoms with Crippen molar-refractivity contribution < 1.29 is 19.1 Å². The van der Waals surface area contributed by atoms with Gasteiger partial charge in [-0.25, -0.2) is 4.79 Å². The van der Waals surface area contributed by atoms with E-state index in [-0.39, 0.29) is 24.7 Å². The van der Waals surface area contributed by atoms with Gasteiger partial charge in [0.25, 0.3) is 5.91 Å². The Balaban J connectivity index is 1.49. The number of hydrogen-bond donors (Lipinski definition) is 1. The third-order valence-electron chi connectivity index (χ3n) is 5.35. The minimum Gasteiger partial charge on any atom is -0.452 e. The molecule has 1 amide bonds. The third kappa shape index (κ3) is 5.98. The highest BCUT2D eigenvalue weighted by Gasteiger charge is 2.24. The van der Waals surface area contributed by atoms with Crippen molar-refractivity contribution in [3.63, 3.8) is 0 Å². The molecule has 0 unspecified atom stereocenters. The highest BCUT2D eigenvalue weighted by Crippen LogP contribution is 2.27. The minimum atomic E-state index is -0.447. The Kier molecular flexibility index (Phi) is 7.59. The van der Waals surface area contributed by atoms with Crippen molar-refractivity contribution in [1.29, 1.82) is 0 Å². The van der Waals surface area contributed by atoms with Gasteiger partial charge in [0, 0.05) is 23.3 Å². The van der Waals surface area contributed by atoms with E-state index in [1.54, 1.807) is 17.8 Å². The standard InChI is InChI=1S/C21H29NO4S/c1-15-7-2-4-10-18(15)22-20(23)13-26-21(24)17-9-3-5-11-19(17)27-14-16-8-6-12-25-16/h3,5,9,11,15-16,18H,2,4,6-8,10,12-14H2,1H3,(H,22,23)/t15-,16+,18-/m1/s1. The Morgan fingerprint density at radius 2 is 2.00 bits per heavy atom. The summed E-state index contributed by atoms with van der Waals surface area (Å²) in [6.45, 7) is 2.76. The number of thioether (sulfide) groups is 1. The van der Waals surface area contributed by atoms with Crippen LogP contribution in [0.2, 0.25) is 0 Å². The molecule has 1 aromatic rings. The van der Waals surface area contributed by atoms with Gasteiger partial charge in [-0.3, -0.25) is 4.79 Å². The van der Waals surface area contributed by atoms with Gasteiger partial charge in [-0.05, 0) is 43.7 Å². The Hall–Kier alpha value is -1.53. The number of hydrogen-bond acceptors (Lipinski definition) is 5. The predicted octanol–water partition coefficient (Wildman–Crippen LogP) is 3.81. The molecule has 3 rings (SSSR count). The molecule has 0 bridgehead atoms. The SMILES string of the molecule is C[C@@H]1CCCC[C@H]1NC(=O)COC(=O)c1ccccc1SC[C@@H]1CCCO1. The fourth-order valence-corrected chi connectivity index (χ4v) is 4.82. The number of esters is 1. The van der Waals surface area contributed by atoms with E-state index in [2.05, 4.69) is 12.2 Å². The molecule has 2 aliphatic rings. The number of amides is 1. The summed E-state index contributed by atoms with van der Waals surface area (Å²) >= 11 is 1.61. The van der Waals surface area contributed by atoms with Crippen LogP contribution >= 0.6 is 11.8 Å². The largest absolute Gasteiger partial charge is 0.452 e. The quantitative estimate of drug-likeness (QED) is 0.566. The Morgan fingerprint density at radius 3 is 2.78 bits per heavy atom. The monoisotopic (exact) mass is 391 g/mol. The number of nitrogens with one attached hydrogen (secondary N) is 1. The van der Waals surface area contributed by atoms with Crippen molar-refractivity contribution in [2.45, 2.75) is 62.5 Å². The van der Waals surface area contributed by atoms with E-state index in [9.17, 15) is 9.59 Å². The molecule has 1 aliphatic carbocycles. The van der Waals surface area contributed by atoms with Gasteiger partial charge in [-0.1, -0.05) is 31.9 Å². The van der Waals surface area contributed by atoms with Crippen molar-refractivity contribution in [2.24, 2.45) is 5.92 Å². The fraction of sp³-hybridized carbons (Fsp3) is 0.619. The first kappa shape index (κ1) is 20.2. The van der Waals surface area contributed by atoms with E-state index in [0.29, 0.717) is 11.5 Å². The topological polar surface area (TPSA) is 64.6 Å². The molecule has 1 aromatic carbocycles. The average molecular weight is 392 g/mol. The molecule has 0 spiro atoms. The van der Waals surface area contributed by atoms with Gasteiger partial charge in [0.1, 0.15) is 0 Å². The number of carbonyl (C=O) groups excluding carboxylic acids is 2. The van der Waals surface area contributed by atoms with Crippen LogP contribution < -0.4 is 5.32 Å². The zero-order chi connectivity index (χ0) is 19.1. The maximum Gasteiger partial charge on any atom is 0.339 e. The lowest BCUT2D eigenvalue weighted by Crippen LogP contribution is -2.42. The van der Waals surface area contributed by atoms with Crippen LogP contribution in [0.4, 0.5) is 0 Å². The molecule has 1 saturated heterocycles. The number of ether oxygens (including phenoxy) is 2. The van der Waals surface area contributed by atoms with Crippen LogP contribution in [0, 0.1) is 5.92 Å². The second-order valence-corrected chi connectivity index (χ2v) is 8.52. The Morgan fingerprint density at radius 1 is 1.19 bits per heavy atom. The lowest BCUT2D eigenvalue weighted by atomic mass is 9.86. The van der Waals surface area contributed by atoms with Gasteiger partial charge in [0.15, 0.2) is 6.61 Å². The lowest BCUT2D eigenvalue weighted by Gasteiger charge is -2.29. The smallest absolute Gasteiger partial charge is 0.339 e. The van der Waals surface area contributed by atoms with Gasteiger partial charge in [0.2, 0.25) is 0 Å². The molecule has 0 radical (unpaired) electrons. The van der Waals surface area contributed by atoms with E-state index >= 15 is 0 Å². The molecule has 0 aromatic heterocycles. The van der Waals surface area contributed by atoms with Crippen molar-refractivity contribution >= 4 is 23.6 Å². The molecule has 2 fully saturated rings. The highest BCUT2D eigenvalue weighted by atomic mass is 32.2. The summed E-state index contributed by atoms with van der Waals surface area (Å²) in [5, 5.41) is 3.01. The van der Waals surface area contributed by atoms with Crippen LogP contribution in [0.1, 0.15) is 55.8 Å². The summed E-state index contributed by atoms with van der Waals surface area (Å²) in [5.74, 6) is 0.641. The molecule has 1 heterocycles. The first-order chi connectivity index (χ1) is 13.1. The second kappa shape index (κ2) is 10.1. The maximum atomic E-state index is 12.5. The second-order valence-electron chi connectivity index (χ2n) is 7.45. The summed E-state index contributed by atoms with van der Waals surface area (Å²) in [6, 6.07) is 7.59. The van der Waals surface area contributed by atoms with Crippen molar-refractivity contribution in [1.82, 2.24) is 5.32 Å². The highest BCUT2D eigenvalue weighted by molar-refractivity contribution is 7.99. The molecular formula is C21H29NO4S. The third-order valence-corrected chi connectivity index (χ3v) is 6.55. The van der Waals surface area contributed by atoms with Crippen molar-refractivity contribution in [3.05, 3.63) is 29.8 Å². The van der Waals surface area contributed by atoms with E-state index in [1.807, 2.05) is 18.2 Å². The first-order valence-corrected chi connectivity index (χ1v) is 10.9. The normalized spacial score (nSPS) is 25.1.